The Labute approximate surface area is 105 Å². The number of nitrogens with zero attached hydrogens (tertiary/aromatic N) is 1. The summed E-state index contributed by atoms with van der Waals surface area (Å²) in [5.41, 5.74) is 5.07. The molecule has 1 aromatic rings. The van der Waals surface area contributed by atoms with Gasteiger partial charge in [-0.25, -0.2) is 4.99 Å². The second-order valence-electron chi connectivity index (χ2n) is 4.09. The van der Waals surface area contributed by atoms with Gasteiger partial charge in [-0.1, -0.05) is 0 Å². The molecule has 1 heterocycles. The molecule has 1 unspecified atom stereocenters. The summed E-state index contributed by atoms with van der Waals surface area (Å²) in [4.78, 5) is 16.1. The molecular formula is C12H15N3O3. The summed E-state index contributed by atoms with van der Waals surface area (Å²) in [6.07, 6.45) is 0. The third-order valence-electron chi connectivity index (χ3n) is 2.96. The molecule has 2 rings (SSSR count). The molecule has 0 aliphatic carbocycles. The lowest BCUT2D eigenvalue weighted by Crippen LogP contribution is -2.37. The zero-order valence-electron chi connectivity index (χ0n) is 10.5. The number of carbonyl (C=O) groups excluding carboxylic acids is 1. The smallest absolute Gasteiger partial charge is 0.259 e. The molecule has 6 heteroatoms. The highest BCUT2D eigenvalue weighted by molar-refractivity contribution is 6.07. The Kier molecular flexibility index (Phi) is 2.86. The lowest BCUT2D eigenvalue weighted by molar-refractivity contribution is -0.123. The van der Waals surface area contributed by atoms with Gasteiger partial charge in [-0.2, -0.15) is 0 Å². The van der Waals surface area contributed by atoms with Gasteiger partial charge in [0, 0.05) is 5.56 Å². The monoisotopic (exact) mass is 249 g/mol. The van der Waals surface area contributed by atoms with Crippen molar-refractivity contribution >= 4 is 11.9 Å². The van der Waals surface area contributed by atoms with Crippen molar-refractivity contribution in [3.05, 3.63) is 23.8 Å². The van der Waals surface area contributed by atoms with E-state index in [2.05, 4.69) is 10.3 Å². The van der Waals surface area contributed by atoms with Crippen molar-refractivity contribution in [3.8, 4) is 11.5 Å². The lowest BCUT2D eigenvalue weighted by atomic mass is 9.91. The van der Waals surface area contributed by atoms with Gasteiger partial charge in [-0.05, 0) is 25.1 Å². The van der Waals surface area contributed by atoms with E-state index in [1.165, 1.54) is 7.11 Å². The van der Waals surface area contributed by atoms with E-state index in [0.717, 1.165) is 0 Å². The molecular weight excluding hydrogens is 234 g/mol. The van der Waals surface area contributed by atoms with Crippen LogP contribution in [0.1, 0.15) is 12.5 Å². The second-order valence-corrected chi connectivity index (χ2v) is 4.09. The Morgan fingerprint density at radius 2 is 2.06 bits per heavy atom. The fourth-order valence-corrected chi connectivity index (χ4v) is 1.93. The molecule has 1 aliphatic heterocycles. The second kappa shape index (κ2) is 4.21. The van der Waals surface area contributed by atoms with Crippen molar-refractivity contribution in [1.29, 1.82) is 0 Å². The number of hydrogen-bond acceptors (Lipinski definition) is 5. The molecule has 0 radical (unpaired) electrons. The average molecular weight is 249 g/mol. The van der Waals surface area contributed by atoms with E-state index in [0.29, 0.717) is 17.1 Å². The number of ether oxygens (including phenoxy) is 2. The van der Waals surface area contributed by atoms with Crippen LogP contribution < -0.4 is 20.5 Å². The third kappa shape index (κ3) is 1.75. The van der Waals surface area contributed by atoms with Crippen LogP contribution in [0.3, 0.4) is 0 Å². The predicted octanol–water partition coefficient (Wildman–Crippen LogP) is 0.363. The number of nitrogens with one attached hydrogen (secondary N) is 1. The molecule has 18 heavy (non-hydrogen) atoms. The number of aliphatic imine (C=N–C) groups is 1. The minimum absolute atomic E-state index is 0.104. The van der Waals surface area contributed by atoms with E-state index >= 15 is 0 Å². The van der Waals surface area contributed by atoms with Crippen LogP contribution in [0.5, 0.6) is 11.5 Å². The zero-order chi connectivity index (χ0) is 13.3. The van der Waals surface area contributed by atoms with E-state index in [1.807, 2.05) is 0 Å². The summed E-state index contributed by atoms with van der Waals surface area (Å²) in [6.45, 7) is 1.68. The number of guanidine groups is 1. The van der Waals surface area contributed by atoms with Gasteiger partial charge >= 0.3 is 0 Å². The molecule has 0 aromatic heterocycles. The minimum atomic E-state index is -1.09. The van der Waals surface area contributed by atoms with Crippen LogP contribution in [0.25, 0.3) is 0 Å². The summed E-state index contributed by atoms with van der Waals surface area (Å²) in [6, 6.07) is 5.21. The summed E-state index contributed by atoms with van der Waals surface area (Å²) in [5.74, 6) is 1.01. The van der Waals surface area contributed by atoms with Crippen molar-refractivity contribution in [2.45, 2.75) is 12.5 Å². The highest BCUT2D eigenvalue weighted by atomic mass is 16.5. The predicted molar refractivity (Wildman–Crippen MR) is 66.7 cm³/mol. The molecule has 1 aromatic carbocycles. The number of benzene rings is 1. The van der Waals surface area contributed by atoms with Gasteiger partial charge in [0.05, 0.1) is 14.2 Å². The van der Waals surface area contributed by atoms with Crippen molar-refractivity contribution in [2.24, 2.45) is 10.7 Å². The van der Waals surface area contributed by atoms with Crippen LogP contribution in [0.4, 0.5) is 0 Å². The third-order valence-corrected chi connectivity index (χ3v) is 2.96. The van der Waals surface area contributed by atoms with Gasteiger partial charge in [0.15, 0.2) is 11.5 Å². The maximum Gasteiger partial charge on any atom is 0.259 e. The lowest BCUT2D eigenvalue weighted by Gasteiger charge is -2.21. The molecule has 6 nitrogen and oxygen atoms in total. The largest absolute Gasteiger partial charge is 0.497 e. The maximum absolute atomic E-state index is 12.0. The van der Waals surface area contributed by atoms with Gasteiger partial charge in [0.25, 0.3) is 5.91 Å². The summed E-state index contributed by atoms with van der Waals surface area (Å²) >= 11 is 0. The van der Waals surface area contributed by atoms with Gasteiger partial charge in [0.2, 0.25) is 0 Å². The van der Waals surface area contributed by atoms with Gasteiger partial charge in [-0.3, -0.25) is 10.1 Å². The average Bonchev–Trinajstić information content (AvgIpc) is 2.63. The quantitative estimate of drug-likeness (QED) is 0.810. The van der Waals surface area contributed by atoms with E-state index in [4.69, 9.17) is 15.2 Å². The molecule has 0 fully saturated rings. The Hall–Kier alpha value is -2.24. The standard InChI is InChI=1S/C12H15N3O3/c1-12(10(16)14-11(13)15-12)8-6-7(17-2)4-5-9(8)18-3/h4-6H,1-3H3,(H3,13,14,15,16). The number of nitrogens with two attached hydrogens (primary N) is 1. The molecule has 1 atom stereocenters. The van der Waals surface area contributed by atoms with Crippen molar-refractivity contribution in [3.63, 3.8) is 0 Å². The van der Waals surface area contributed by atoms with E-state index in [1.54, 1.807) is 32.2 Å². The fraction of sp³-hybridized carbons (Fsp3) is 0.333. The fourth-order valence-electron chi connectivity index (χ4n) is 1.93. The number of rotatable bonds is 3. The van der Waals surface area contributed by atoms with Crippen molar-refractivity contribution in [2.75, 3.05) is 14.2 Å². The number of carbonyl (C=O) groups is 1. The Bertz CT molecular complexity index is 527. The van der Waals surface area contributed by atoms with Crippen LogP contribution in [0.15, 0.2) is 23.2 Å². The van der Waals surface area contributed by atoms with Crippen LogP contribution in [0.2, 0.25) is 0 Å². The number of hydrogen-bond donors (Lipinski definition) is 2. The van der Waals surface area contributed by atoms with Gasteiger partial charge in [0.1, 0.15) is 11.5 Å². The Morgan fingerprint density at radius 3 is 2.56 bits per heavy atom. The zero-order valence-corrected chi connectivity index (χ0v) is 10.5. The van der Waals surface area contributed by atoms with Gasteiger partial charge in [-0.15, -0.1) is 0 Å². The molecule has 96 valence electrons. The molecule has 1 amide bonds. The van der Waals surface area contributed by atoms with Crippen LogP contribution in [0, 0.1) is 0 Å². The Morgan fingerprint density at radius 1 is 1.33 bits per heavy atom. The van der Waals surface area contributed by atoms with Crippen LogP contribution in [-0.2, 0) is 10.3 Å². The number of methoxy groups -OCH3 is 2. The summed E-state index contributed by atoms with van der Waals surface area (Å²) in [5, 5.41) is 2.49. The molecule has 0 saturated heterocycles. The number of amides is 1. The van der Waals surface area contributed by atoms with Crippen LogP contribution in [-0.4, -0.2) is 26.1 Å². The minimum Gasteiger partial charge on any atom is -0.497 e. The van der Waals surface area contributed by atoms with Crippen LogP contribution >= 0.6 is 0 Å². The Balaban J connectivity index is 2.59. The first kappa shape index (κ1) is 12.2. The van der Waals surface area contributed by atoms with Gasteiger partial charge < -0.3 is 15.2 Å². The summed E-state index contributed by atoms with van der Waals surface area (Å²) in [7, 11) is 3.09. The van der Waals surface area contributed by atoms with E-state index in [9.17, 15) is 4.79 Å². The SMILES string of the molecule is COc1ccc(OC)c(C2(C)N=C(N)NC2=O)c1. The highest BCUT2D eigenvalue weighted by Gasteiger charge is 2.42. The molecule has 0 bridgehead atoms. The molecule has 1 aliphatic rings. The first-order valence-corrected chi connectivity index (χ1v) is 5.40. The van der Waals surface area contributed by atoms with Crippen molar-refractivity contribution in [1.82, 2.24) is 5.32 Å². The molecule has 0 saturated carbocycles. The first-order valence-electron chi connectivity index (χ1n) is 5.40. The van der Waals surface area contributed by atoms with Crippen molar-refractivity contribution < 1.29 is 14.3 Å². The first-order chi connectivity index (χ1) is 8.51. The molecule has 3 N–H and O–H groups in total. The topological polar surface area (TPSA) is 85.9 Å². The highest BCUT2D eigenvalue weighted by Crippen LogP contribution is 2.37. The normalized spacial score (nSPS) is 22.4. The van der Waals surface area contributed by atoms with E-state index in [-0.39, 0.29) is 11.9 Å². The van der Waals surface area contributed by atoms with E-state index < -0.39 is 5.54 Å². The maximum atomic E-state index is 12.0. The molecule has 0 spiro atoms. The summed E-state index contributed by atoms with van der Waals surface area (Å²) < 4.78 is 10.4.